The third kappa shape index (κ3) is 2.56. The molecule has 1 N–H and O–H groups in total. The highest BCUT2D eigenvalue weighted by Crippen LogP contribution is 2.44. The molecule has 1 spiro atoms. The molecule has 1 saturated heterocycles. The van der Waals surface area contributed by atoms with Crippen molar-refractivity contribution in [2.45, 2.75) is 37.8 Å². The number of ether oxygens (including phenoxy) is 1. The Kier molecular flexibility index (Phi) is 3.50. The van der Waals surface area contributed by atoms with E-state index in [2.05, 4.69) is 18.3 Å². The number of hydrogen-bond donors (Lipinski definition) is 1. The molecule has 1 aromatic rings. The number of fused-ring (bicyclic) bond motifs is 1. The molecule has 1 aromatic carbocycles. The lowest BCUT2D eigenvalue weighted by molar-refractivity contribution is 0.0213. The van der Waals surface area contributed by atoms with Gasteiger partial charge in [0.25, 0.3) is 0 Å². The first-order valence-corrected chi connectivity index (χ1v) is 9.07. The van der Waals surface area contributed by atoms with Crippen molar-refractivity contribution in [1.82, 2.24) is 5.32 Å². The minimum Gasteiger partial charge on any atom is -0.487 e. The Balaban J connectivity index is 1.90. The van der Waals surface area contributed by atoms with Crippen molar-refractivity contribution in [3.8, 4) is 5.75 Å². The number of nitrogens with one attached hydrogen (secondary N) is 1. The van der Waals surface area contributed by atoms with E-state index in [-0.39, 0.29) is 23.1 Å². The minimum absolute atomic E-state index is 0.244. The lowest BCUT2D eigenvalue weighted by Crippen LogP contribution is -2.49. The molecule has 4 nitrogen and oxygen atoms in total. The number of sulfone groups is 1. The normalized spacial score (nSPS) is 26.8. The van der Waals surface area contributed by atoms with Crippen LogP contribution in [0.1, 0.15) is 37.8 Å². The van der Waals surface area contributed by atoms with Crippen molar-refractivity contribution in [2.24, 2.45) is 0 Å². The Morgan fingerprint density at radius 1 is 1.30 bits per heavy atom. The van der Waals surface area contributed by atoms with Gasteiger partial charge in [0.15, 0.2) is 9.84 Å². The van der Waals surface area contributed by atoms with Crippen molar-refractivity contribution in [3.05, 3.63) is 29.8 Å². The fourth-order valence-electron chi connectivity index (χ4n) is 3.26. The summed E-state index contributed by atoms with van der Waals surface area (Å²) < 4.78 is 29.5. The fourth-order valence-corrected chi connectivity index (χ4v) is 4.83. The Morgan fingerprint density at radius 2 is 2.00 bits per heavy atom. The lowest BCUT2D eigenvalue weighted by Gasteiger charge is -2.44. The maximum atomic E-state index is 11.7. The van der Waals surface area contributed by atoms with Crippen LogP contribution in [0.3, 0.4) is 0 Å². The molecule has 0 aliphatic carbocycles. The number of benzene rings is 1. The maximum Gasteiger partial charge on any atom is 0.150 e. The molecule has 0 aromatic heterocycles. The highest BCUT2D eigenvalue weighted by Gasteiger charge is 2.44. The van der Waals surface area contributed by atoms with Gasteiger partial charge >= 0.3 is 0 Å². The van der Waals surface area contributed by atoms with Crippen molar-refractivity contribution < 1.29 is 13.2 Å². The molecule has 0 saturated carbocycles. The van der Waals surface area contributed by atoms with E-state index in [0.717, 1.165) is 18.7 Å². The molecule has 2 aliphatic heterocycles. The number of rotatable bonds is 2. The summed E-state index contributed by atoms with van der Waals surface area (Å²) in [5.41, 5.74) is 0.875. The summed E-state index contributed by atoms with van der Waals surface area (Å²) in [6.45, 7) is 2.99. The molecule has 20 heavy (non-hydrogen) atoms. The predicted octanol–water partition coefficient (Wildman–Crippen LogP) is 2.07. The predicted molar refractivity (Wildman–Crippen MR) is 78.7 cm³/mol. The SMILES string of the molecule is CCNC1CC2(CCS(=O)(=O)CC2)Oc2ccccc21. The highest BCUT2D eigenvalue weighted by molar-refractivity contribution is 7.91. The monoisotopic (exact) mass is 295 g/mol. The molecule has 1 unspecified atom stereocenters. The smallest absolute Gasteiger partial charge is 0.150 e. The fraction of sp³-hybridized carbons (Fsp3) is 0.600. The van der Waals surface area contributed by atoms with Crippen LogP contribution in [0.25, 0.3) is 0 Å². The molecule has 0 amide bonds. The van der Waals surface area contributed by atoms with Gasteiger partial charge in [-0.05, 0) is 12.6 Å². The summed E-state index contributed by atoms with van der Waals surface area (Å²) in [6.07, 6.45) is 2.06. The standard InChI is InChI=1S/C15H21NO3S/c1-2-16-13-11-15(7-9-20(17,18)10-8-15)19-14-6-4-3-5-12(13)14/h3-6,13,16H,2,7-11H2,1H3. The molecule has 0 radical (unpaired) electrons. The molecule has 2 heterocycles. The van der Waals surface area contributed by atoms with Crippen LogP contribution in [0.4, 0.5) is 0 Å². The summed E-state index contributed by atoms with van der Waals surface area (Å²) in [6, 6.07) is 8.33. The van der Waals surface area contributed by atoms with Gasteiger partial charge in [-0.15, -0.1) is 0 Å². The third-order valence-corrected chi connectivity index (χ3v) is 6.04. The average Bonchev–Trinajstić information content (AvgIpc) is 2.43. The zero-order chi connectivity index (χ0) is 14.2. The van der Waals surface area contributed by atoms with E-state index in [1.54, 1.807) is 0 Å². The number of para-hydroxylation sites is 1. The van der Waals surface area contributed by atoms with Crippen LogP contribution < -0.4 is 10.1 Å². The summed E-state index contributed by atoms with van der Waals surface area (Å²) in [4.78, 5) is 0. The first-order valence-electron chi connectivity index (χ1n) is 7.25. The molecule has 110 valence electrons. The highest BCUT2D eigenvalue weighted by atomic mass is 32.2. The first kappa shape index (κ1) is 13.9. The molecule has 1 fully saturated rings. The Morgan fingerprint density at radius 3 is 2.70 bits per heavy atom. The summed E-state index contributed by atoms with van der Waals surface area (Å²) in [7, 11) is -2.87. The van der Waals surface area contributed by atoms with Crippen molar-refractivity contribution in [3.63, 3.8) is 0 Å². The van der Waals surface area contributed by atoms with E-state index in [9.17, 15) is 8.42 Å². The zero-order valence-electron chi connectivity index (χ0n) is 11.8. The van der Waals surface area contributed by atoms with Gasteiger partial charge in [0.1, 0.15) is 11.4 Å². The molecule has 2 aliphatic rings. The van der Waals surface area contributed by atoms with Gasteiger partial charge in [-0.1, -0.05) is 25.1 Å². The maximum absolute atomic E-state index is 11.7. The second-order valence-electron chi connectivity index (χ2n) is 5.79. The molecule has 5 heteroatoms. The first-order chi connectivity index (χ1) is 9.54. The van der Waals surface area contributed by atoms with Crippen LogP contribution >= 0.6 is 0 Å². The number of hydrogen-bond acceptors (Lipinski definition) is 4. The van der Waals surface area contributed by atoms with Gasteiger partial charge in [0.2, 0.25) is 0 Å². The Bertz CT molecular complexity index is 583. The van der Waals surface area contributed by atoms with Gasteiger partial charge in [-0.3, -0.25) is 0 Å². The second kappa shape index (κ2) is 5.04. The lowest BCUT2D eigenvalue weighted by atomic mass is 9.83. The minimum atomic E-state index is -2.87. The van der Waals surface area contributed by atoms with E-state index >= 15 is 0 Å². The molecule has 0 bridgehead atoms. The van der Waals surface area contributed by atoms with Crippen LogP contribution in [-0.4, -0.2) is 32.1 Å². The van der Waals surface area contributed by atoms with Gasteiger partial charge in [-0.25, -0.2) is 8.42 Å². The molecular weight excluding hydrogens is 274 g/mol. The summed E-state index contributed by atoms with van der Waals surface area (Å²) >= 11 is 0. The van der Waals surface area contributed by atoms with E-state index in [1.165, 1.54) is 5.56 Å². The van der Waals surface area contributed by atoms with Crippen LogP contribution in [0.2, 0.25) is 0 Å². The molecule has 1 atom stereocenters. The summed E-state index contributed by atoms with van der Waals surface area (Å²) in [5.74, 6) is 1.39. The van der Waals surface area contributed by atoms with Crippen LogP contribution in [-0.2, 0) is 9.84 Å². The summed E-state index contributed by atoms with van der Waals surface area (Å²) in [5, 5.41) is 3.50. The van der Waals surface area contributed by atoms with E-state index in [1.807, 2.05) is 18.2 Å². The van der Waals surface area contributed by atoms with Crippen LogP contribution in [0.15, 0.2) is 24.3 Å². The average molecular weight is 295 g/mol. The van der Waals surface area contributed by atoms with Crippen LogP contribution in [0.5, 0.6) is 5.75 Å². The van der Waals surface area contributed by atoms with E-state index < -0.39 is 9.84 Å². The van der Waals surface area contributed by atoms with Crippen molar-refractivity contribution >= 4 is 9.84 Å². The largest absolute Gasteiger partial charge is 0.487 e. The van der Waals surface area contributed by atoms with Gasteiger partial charge in [0.05, 0.1) is 11.5 Å². The molecular formula is C15H21NO3S. The van der Waals surface area contributed by atoms with Gasteiger partial charge in [-0.2, -0.15) is 0 Å². The second-order valence-corrected chi connectivity index (χ2v) is 8.09. The van der Waals surface area contributed by atoms with Crippen LogP contribution in [0, 0.1) is 0 Å². The topological polar surface area (TPSA) is 55.4 Å². The Labute approximate surface area is 120 Å². The molecule has 3 rings (SSSR count). The van der Waals surface area contributed by atoms with E-state index in [0.29, 0.717) is 12.8 Å². The quantitative estimate of drug-likeness (QED) is 0.907. The Hall–Kier alpha value is -1.07. The van der Waals surface area contributed by atoms with Crippen molar-refractivity contribution in [1.29, 1.82) is 0 Å². The van der Waals surface area contributed by atoms with Gasteiger partial charge < -0.3 is 10.1 Å². The van der Waals surface area contributed by atoms with E-state index in [4.69, 9.17) is 4.74 Å². The third-order valence-electron chi connectivity index (χ3n) is 4.38. The van der Waals surface area contributed by atoms with Gasteiger partial charge in [0, 0.05) is 30.9 Å². The van der Waals surface area contributed by atoms with Crippen molar-refractivity contribution in [2.75, 3.05) is 18.1 Å². The zero-order valence-corrected chi connectivity index (χ0v) is 12.6.